The van der Waals surface area contributed by atoms with Crippen LogP contribution in [0.5, 0.6) is 17.4 Å². The Kier molecular flexibility index (Phi) is 9.41. The van der Waals surface area contributed by atoms with Crippen LogP contribution < -0.4 is 19.1 Å². The molecule has 0 saturated carbocycles. The number of thioether (sulfide) groups is 1. The molecule has 1 amide bonds. The minimum absolute atomic E-state index is 0.195. The van der Waals surface area contributed by atoms with Crippen molar-refractivity contribution in [2.75, 3.05) is 17.3 Å². The number of ether oxygens (including phenoxy) is 3. The van der Waals surface area contributed by atoms with E-state index in [4.69, 9.17) is 19.2 Å². The van der Waals surface area contributed by atoms with Gasteiger partial charge in [-0.3, -0.25) is 9.69 Å². The third-order valence-electron chi connectivity index (χ3n) is 6.42. The lowest BCUT2D eigenvalue weighted by Gasteiger charge is -2.30. The van der Waals surface area contributed by atoms with E-state index < -0.39 is 6.23 Å². The molecule has 1 aliphatic rings. The maximum absolute atomic E-state index is 13.2. The number of halogens is 1. The number of anilines is 1. The molecule has 0 fully saturated rings. The van der Waals surface area contributed by atoms with E-state index >= 15 is 0 Å². The lowest BCUT2D eigenvalue weighted by Crippen LogP contribution is -2.36. The number of aromatic nitrogens is 3. The number of unbranched alkanes of at least 4 members (excludes halogenated alkanes) is 1. The first-order valence-corrected chi connectivity index (χ1v) is 15.3. The smallest absolute Gasteiger partial charge is 0.247 e. The summed E-state index contributed by atoms with van der Waals surface area (Å²) in [4.78, 5) is 19.6. The first-order valence-electron chi connectivity index (χ1n) is 13.6. The van der Waals surface area contributed by atoms with Crippen LogP contribution >= 0.6 is 27.7 Å². The largest absolute Gasteiger partial charge is 0.490 e. The van der Waals surface area contributed by atoms with Gasteiger partial charge in [-0.2, -0.15) is 4.98 Å². The summed E-state index contributed by atoms with van der Waals surface area (Å²) in [5.41, 5.74) is 3.58. The molecule has 0 unspecified atom stereocenters. The van der Waals surface area contributed by atoms with Crippen molar-refractivity contribution in [1.82, 2.24) is 15.2 Å². The standard InChI is InChI=1S/C31H31BrN4O4S/c1-4-6-16-41-31-33-29-27(34-35-31)23-14-10-11-15-25(23)36(20(3)37)30(40-29)22-17-24(32)28(26(18-22)38-5-2)39-19-21-12-8-7-9-13-21/h7-15,17-18,30H,4-6,16,19H2,1-3H3/t30-/m1/s1. The van der Waals surface area contributed by atoms with Crippen LogP contribution in [0.25, 0.3) is 11.3 Å². The van der Waals surface area contributed by atoms with E-state index in [-0.39, 0.29) is 5.91 Å². The van der Waals surface area contributed by atoms with E-state index in [1.54, 1.807) is 4.90 Å². The summed E-state index contributed by atoms with van der Waals surface area (Å²) in [5.74, 6) is 2.11. The molecule has 1 aliphatic heterocycles. The van der Waals surface area contributed by atoms with Gasteiger partial charge in [0.1, 0.15) is 6.61 Å². The van der Waals surface area contributed by atoms with E-state index in [9.17, 15) is 4.79 Å². The molecular formula is C31H31BrN4O4S. The molecule has 1 atom stereocenters. The van der Waals surface area contributed by atoms with Crippen molar-refractivity contribution in [3.05, 3.63) is 82.3 Å². The summed E-state index contributed by atoms with van der Waals surface area (Å²) in [6.45, 7) is 6.38. The van der Waals surface area contributed by atoms with Crippen molar-refractivity contribution in [3.63, 3.8) is 0 Å². The second-order valence-electron chi connectivity index (χ2n) is 9.36. The maximum Gasteiger partial charge on any atom is 0.247 e. The van der Waals surface area contributed by atoms with Gasteiger partial charge in [0, 0.05) is 23.8 Å². The zero-order valence-corrected chi connectivity index (χ0v) is 25.6. The number of carbonyl (C=O) groups excluding carboxylic acids is 1. The van der Waals surface area contributed by atoms with Gasteiger partial charge in [-0.25, -0.2) is 0 Å². The molecule has 212 valence electrons. The van der Waals surface area contributed by atoms with Gasteiger partial charge >= 0.3 is 0 Å². The number of hydrogen-bond acceptors (Lipinski definition) is 8. The quantitative estimate of drug-likeness (QED) is 0.130. The Labute approximate surface area is 252 Å². The fourth-order valence-electron chi connectivity index (χ4n) is 4.50. The third kappa shape index (κ3) is 6.49. The number of hydrogen-bond donors (Lipinski definition) is 0. The molecule has 1 aromatic heterocycles. The Bertz CT molecular complexity index is 1520. The van der Waals surface area contributed by atoms with Crippen LogP contribution in [0.15, 0.2) is 76.4 Å². The molecule has 3 aromatic carbocycles. The zero-order valence-electron chi connectivity index (χ0n) is 23.2. The molecule has 0 N–H and O–H groups in total. The third-order valence-corrected chi connectivity index (χ3v) is 7.94. The van der Waals surface area contributed by atoms with Crippen LogP contribution in [0.4, 0.5) is 5.69 Å². The van der Waals surface area contributed by atoms with E-state index in [1.165, 1.54) is 18.7 Å². The second kappa shape index (κ2) is 13.4. The Hall–Kier alpha value is -3.63. The van der Waals surface area contributed by atoms with Crippen molar-refractivity contribution in [1.29, 1.82) is 0 Å². The predicted octanol–water partition coefficient (Wildman–Crippen LogP) is 7.62. The lowest BCUT2D eigenvalue weighted by molar-refractivity contribution is -0.118. The van der Waals surface area contributed by atoms with Gasteiger partial charge in [-0.05, 0) is 53.0 Å². The Morgan fingerprint density at radius 2 is 1.83 bits per heavy atom. The molecule has 0 radical (unpaired) electrons. The Morgan fingerprint density at radius 3 is 2.59 bits per heavy atom. The Balaban J connectivity index is 1.58. The molecule has 0 spiro atoms. The summed E-state index contributed by atoms with van der Waals surface area (Å²) < 4.78 is 19.5. The SMILES string of the molecule is CCCCSc1nnc2c(n1)O[C@H](c1cc(Br)c(OCc3ccccc3)c(OCC)c1)N(C(C)=O)c1ccccc1-2. The normalized spacial score (nSPS) is 14.0. The van der Waals surface area contributed by atoms with Crippen LogP contribution in [-0.2, 0) is 11.4 Å². The van der Waals surface area contributed by atoms with Crippen LogP contribution in [0.2, 0.25) is 0 Å². The van der Waals surface area contributed by atoms with Crippen molar-refractivity contribution in [2.24, 2.45) is 0 Å². The van der Waals surface area contributed by atoms with E-state index in [2.05, 4.69) is 33.1 Å². The van der Waals surface area contributed by atoms with Gasteiger partial charge in [0.15, 0.2) is 17.2 Å². The average Bonchev–Trinajstić information content (AvgIpc) is 3.12. The number of amides is 1. The second-order valence-corrected chi connectivity index (χ2v) is 11.3. The molecule has 0 saturated heterocycles. The zero-order chi connectivity index (χ0) is 28.8. The molecule has 4 aromatic rings. The Morgan fingerprint density at radius 1 is 1.05 bits per heavy atom. The van der Waals surface area contributed by atoms with Gasteiger partial charge < -0.3 is 14.2 Å². The van der Waals surface area contributed by atoms with Gasteiger partial charge in [0.25, 0.3) is 0 Å². The highest BCUT2D eigenvalue weighted by molar-refractivity contribution is 9.10. The number of benzene rings is 3. The van der Waals surface area contributed by atoms with Gasteiger partial charge in [0.05, 0.1) is 16.8 Å². The molecule has 0 bridgehead atoms. The highest BCUT2D eigenvalue weighted by Crippen LogP contribution is 2.46. The number of carbonyl (C=O) groups is 1. The predicted molar refractivity (Wildman–Crippen MR) is 164 cm³/mol. The molecule has 2 heterocycles. The summed E-state index contributed by atoms with van der Waals surface area (Å²) in [6, 6.07) is 21.2. The molecular weight excluding hydrogens is 604 g/mol. The summed E-state index contributed by atoms with van der Waals surface area (Å²) in [6.07, 6.45) is 1.27. The first-order chi connectivity index (χ1) is 20.0. The van der Waals surface area contributed by atoms with Gasteiger partial charge in [0.2, 0.25) is 23.2 Å². The highest BCUT2D eigenvalue weighted by atomic mass is 79.9. The van der Waals surface area contributed by atoms with Crippen molar-refractivity contribution in [2.45, 2.75) is 51.6 Å². The topological polar surface area (TPSA) is 86.7 Å². The summed E-state index contributed by atoms with van der Waals surface area (Å²) >= 11 is 5.23. The first kappa shape index (κ1) is 28.9. The molecule has 0 aliphatic carbocycles. The van der Waals surface area contributed by atoms with E-state index in [0.717, 1.165) is 29.7 Å². The summed E-state index contributed by atoms with van der Waals surface area (Å²) in [7, 11) is 0. The van der Waals surface area contributed by atoms with Gasteiger partial charge in [-0.15, -0.1) is 10.2 Å². The number of para-hydroxylation sites is 1. The van der Waals surface area contributed by atoms with Crippen LogP contribution in [-0.4, -0.2) is 33.4 Å². The van der Waals surface area contributed by atoms with Gasteiger partial charge in [-0.1, -0.05) is 73.6 Å². The lowest BCUT2D eigenvalue weighted by atomic mass is 10.1. The molecule has 10 heteroatoms. The monoisotopic (exact) mass is 634 g/mol. The minimum Gasteiger partial charge on any atom is -0.490 e. The number of nitrogens with zero attached hydrogens (tertiary/aromatic N) is 4. The van der Waals surface area contributed by atoms with Crippen molar-refractivity contribution >= 4 is 39.3 Å². The molecule has 8 nitrogen and oxygen atoms in total. The molecule has 5 rings (SSSR count). The van der Waals surface area contributed by atoms with Crippen LogP contribution in [0.1, 0.15) is 51.0 Å². The fraction of sp³-hybridized carbons (Fsp3) is 0.290. The van der Waals surface area contributed by atoms with Crippen molar-refractivity contribution in [3.8, 4) is 28.6 Å². The maximum atomic E-state index is 13.2. The summed E-state index contributed by atoms with van der Waals surface area (Å²) in [5, 5.41) is 9.39. The van der Waals surface area contributed by atoms with Crippen LogP contribution in [0, 0.1) is 0 Å². The molecule has 41 heavy (non-hydrogen) atoms. The minimum atomic E-state index is -0.848. The van der Waals surface area contributed by atoms with Crippen molar-refractivity contribution < 1.29 is 19.0 Å². The number of rotatable bonds is 10. The van der Waals surface area contributed by atoms with E-state index in [1.807, 2.05) is 73.7 Å². The fourth-order valence-corrected chi connectivity index (χ4v) is 5.94. The van der Waals surface area contributed by atoms with Crippen LogP contribution in [0.3, 0.4) is 0 Å². The number of fused-ring (bicyclic) bond motifs is 3. The van der Waals surface area contributed by atoms with E-state index in [0.29, 0.717) is 57.2 Å². The average molecular weight is 636 g/mol. The highest BCUT2D eigenvalue weighted by Gasteiger charge is 2.35.